The summed E-state index contributed by atoms with van der Waals surface area (Å²) >= 11 is 0. The van der Waals surface area contributed by atoms with Crippen LogP contribution in [-0.4, -0.2) is 67.3 Å². The molecule has 0 aliphatic rings. The summed E-state index contributed by atoms with van der Waals surface area (Å²) in [7, 11) is 0. The van der Waals surface area contributed by atoms with Gasteiger partial charge in [0.25, 0.3) is 0 Å². The van der Waals surface area contributed by atoms with Gasteiger partial charge in [0, 0.05) is 12.0 Å². The minimum absolute atomic E-state index is 0.0721. The van der Waals surface area contributed by atoms with Crippen LogP contribution in [-0.2, 0) is 14.2 Å². The van der Waals surface area contributed by atoms with Crippen LogP contribution in [0.4, 0.5) is 43.9 Å². The van der Waals surface area contributed by atoms with E-state index < -0.39 is 44.1 Å². The van der Waals surface area contributed by atoms with Gasteiger partial charge in [0.2, 0.25) is 0 Å². The van der Waals surface area contributed by atoms with Gasteiger partial charge in [0.1, 0.15) is 12.4 Å². The number of aromatic nitrogens is 2. The number of halogens is 10. The topological polar surface area (TPSA) is 71.9 Å². The molecule has 0 aliphatic heterocycles. The van der Waals surface area contributed by atoms with Gasteiger partial charge in [-0.15, -0.1) is 0 Å². The standard InChI is InChI=1S/C26H30F10N2O5/c1-2-3-4-5-6-13-41-20-15-37-21(38-16-20)18-8-10-19(11-9-18)40-14-7-12-39-17-23(29,30)42-25(33,34)26(35,36)43-24(31,32)22(27)28/h8-11,15-16,22H,2-7,12-14,17H2,1H3. The van der Waals surface area contributed by atoms with Crippen molar-refractivity contribution in [2.45, 2.75) is 76.3 Å². The molecule has 43 heavy (non-hydrogen) atoms. The molecule has 0 bridgehead atoms. The van der Waals surface area contributed by atoms with Crippen LogP contribution in [0.25, 0.3) is 11.4 Å². The lowest BCUT2D eigenvalue weighted by Crippen LogP contribution is -2.53. The zero-order valence-corrected chi connectivity index (χ0v) is 22.8. The number of hydrogen-bond acceptors (Lipinski definition) is 7. The molecule has 1 aromatic carbocycles. The van der Waals surface area contributed by atoms with E-state index in [0.717, 1.165) is 25.7 Å². The summed E-state index contributed by atoms with van der Waals surface area (Å²) in [6, 6.07) is 6.46. The summed E-state index contributed by atoms with van der Waals surface area (Å²) in [4.78, 5) is 8.51. The van der Waals surface area contributed by atoms with Gasteiger partial charge in [0.15, 0.2) is 11.6 Å². The van der Waals surface area contributed by atoms with E-state index in [9.17, 15) is 43.9 Å². The average molecular weight is 641 g/mol. The number of unbranched alkanes of at least 4 members (excludes halogenated alkanes) is 4. The summed E-state index contributed by atoms with van der Waals surface area (Å²) in [5.41, 5.74) is 0.662. The zero-order valence-electron chi connectivity index (χ0n) is 22.8. The van der Waals surface area contributed by atoms with E-state index >= 15 is 0 Å². The third-order valence-electron chi connectivity index (χ3n) is 5.36. The summed E-state index contributed by atoms with van der Waals surface area (Å²) in [6.45, 7) is 0.0692. The number of hydrogen-bond donors (Lipinski definition) is 0. The lowest BCUT2D eigenvalue weighted by Gasteiger charge is -2.30. The van der Waals surface area contributed by atoms with Gasteiger partial charge in [-0.25, -0.2) is 28.2 Å². The molecule has 0 fully saturated rings. The Balaban J connectivity index is 1.71. The highest BCUT2D eigenvalue weighted by atomic mass is 19.3. The molecule has 7 nitrogen and oxygen atoms in total. The molecule has 0 unspecified atom stereocenters. The van der Waals surface area contributed by atoms with Crippen LogP contribution in [0.5, 0.6) is 11.5 Å². The second kappa shape index (κ2) is 16.2. The summed E-state index contributed by atoms with van der Waals surface area (Å²) in [5.74, 6) is 1.33. The first-order valence-corrected chi connectivity index (χ1v) is 13.0. The van der Waals surface area contributed by atoms with Gasteiger partial charge < -0.3 is 14.2 Å². The molecule has 0 saturated heterocycles. The molecule has 0 saturated carbocycles. The second-order valence-corrected chi connectivity index (χ2v) is 9.02. The molecule has 0 N–H and O–H groups in total. The Labute approximate surface area is 240 Å². The highest BCUT2D eigenvalue weighted by Crippen LogP contribution is 2.44. The number of rotatable bonds is 21. The molecule has 1 aromatic heterocycles. The molecule has 2 aromatic rings. The van der Waals surface area contributed by atoms with Crippen molar-refractivity contribution in [1.29, 1.82) is 0 Å². The zero-order chi connectivity index (χ0) is 32.2. The maximum atomic E-state index is 13.5. The molecule has 0 radical (unpaired) electrons. The summed E-state index contributed by atoms with van der Waals surface area (Å²) in [6.07, 6.45) is -20.5. The van der Waals surface area contributed by atoms with E-state index in [1.165, 1.54) is 6.42 Å². The van der Waals surface area contributed by atoms with Crippen molar-refractivity contribution in [3.8, 4) is 22.9 Å². The predicted molar refractivity (Wildman–Crippen MR) is 131 cm³/mol. The molecule has 1 heterocycles. The Kier molecular flexibility index (Phi) is 13.7. The van der Waals surface area contributed by atoms with Crippen molar-refractivity contribution in [3.05, 3.63) is 36.7 Å². The van der Waals surface area contributed by atoms with Crippen LogP contribution in [0.2, 0.25) is 0 Å². The molecule has 2 rings (SSSR count). The van der Waals surface area contributed by atoms with Crippen molar-refractivity contribution in [2.75, 3.05) is 26.4 Å². The van der Waals surface area contributed by atoms with Crippen LogP contribution in [0, 0.1) is 0 Å². The van der Waals surface area contributed by atoms with Gasteiger partial charge in [-0.2, -0.15) is 35.1 Å². The van der Waals surface area contributed by atoms with Crippen molar-refractivity contribution in [3.63, 3.8) is 0 Å². The highest BCUT2D eigenvalue weighted by molar-refractivity contribution is 5.56. The molecular weight excluding hydrogens is 610 g/mol. The quantitative estimate of drug-likeness (QED) is 0.101. The van der Waals surface area contributed by atoms with E-state index in [4.69, 9.17) is 9.47 Å². The van der Waals surface area contributed by atoms with Gasteiger partial charge >= 0.3 is 30.9 Å². The Morgan fingerprint density at radius 2 is 1.23 bits per heavy atom. The Hall–Kier alpha value is -2.92. The third kappa shape index (κ3) is 12.3. The minimum Gasteiger partial charge on any atom is -0.494 e. The Bertz CT molecular complexity index is 1080. The summed E-state index contributed by atoms with van der Waals surface area (Å²) in [5, 5.41) is 0. The number of ether oxygens (including phenoxy) is 5. The van der Waals surface area contributed by atoms with E-state index in [2.05, 4.69) is 31.1 Å². The van der Waals surface area contributed by atoms with Gasteiger partial charge in [-0.1, -0.05) is 32.6 Å². The molecule has 0 spiro atoms. The smallest absolute Gasteiger partial charge is 0.453 e. The van der Waals surface area contributed by atoms with E-state index in [1.54, 1.807) is 36.7 Å². The maximum absolute atomic E-state index is 13.5. The molecular formula is C26H30F10N2O5. The maximum Gasteiger partial charge on any atom is 0.453 e. The SMILES string of the molecule is CCCCCCCOc1cnc(-c2ccc(OCCCOCC(F)(F)OC(F)(F)C(F)(F)OC(F)(F)C(F)F)cc2)nc1. The molecule has 0 aliphatic carbocycles. The van der Waals surface area contributed by atoms with Crippen molar-refractivity contribution < 1.29 is 67.6 Å². The third-order valence-corrected chi connectivity index (χ3v) is 5.36. The fraction of sp³-hybridized carbons (Fsp3) is 0.615. The Morgan fingerprint density at radius 3 is 1.84 bits per heavy atom. The first-order valence-electron chi connectivity index (χ1n) is 13.0. The lowest BCUT2D eigenvalue weighted by molar-refractivity contribution is -0.521. The van der Waals surface area contributed by atoms with Gasteiger partial charge in [-0.3, -0.25) is 0 Å². The highest BCUT2D eigenvalue weighted by Gasteiger charge is 2.68. The summed E-state index contributed by atoms with van der Waals surface area (Å²) < 4.78 is 149. The number of benzene rings is 1. The van der Waals surface area contributed by atoms with Crippen LogP contribution < -0.4 is 9.47 Å². The molecule has 17 heteroatoms. The minimum atomic E-state index is -6.53. The van der Waals surface area contributed by atoms with E-state index in [0.29, 0.717) is 29.5 Å². The van der Waals surface area contributed by atoms with Crippen molar-refractivity contribution in [1.82, 2.24) is 9.97 Å². The van der Waals surface area contributed by atoms with Crippen molar-refractivity contribution >= 4 is 0 Å². The van der Waals surface area contributed by atoms with Crippen molar-refractivity contribution in [2.24, 2.45) is 0 Å². The van der Waals surface area contributed by atoms with Crippen LogP contribution >= 0.6 is 0 Å². The number of nitrogens with zero attached hydrogens (tertiary/aromatic N) is 2. The second-order valence-electron chi connectivity index (χ2n) is 9.02. The lowest BCUT2D eigenvalue weighted by atomic mass is 10.2. The molecule has 0 amide bonds. The van der Waals surface area contributed by atoms with E-state index in [1.807, 2.05) is 0 Å². The first-order chi connectivity index (χ1) is 20.1. The fourth-order valence-corrected chi connectivity index (χ4v) is 3.23. The Morgan fingerprint density at radius 1 is 0.674 bits per heavy atom. The van der Waals surface area contributed by atoms with E-state index in [-0.39, 0.29) is 13.0 Å². The van der Waals surface area contributed by atoms with Crippen LogP contribution in [0.1, 0.15) is 45.4 Å². The predicted octanol–water partition coefficient (Wildman–Crippen LogP) is 7.95. The van der Waals surface area contributed by atoms with Crippen LogP contribution in [0.15, 0.2) is 36.7 Å². The largest absolute Gasteiger partial charge is 0.494 e. The fourth-order valence-electron chi connectivity index (χ4n) is 3.23. The number of alkyl halides is 10. The average Bonchev–Trinajstić information content (AvgIpc) is 2.92. The normalized spacial score (nSPS) is 13.0. The monoisotopic (exact) mass is 640 g/mol. The molecule has 244 valence electrons. The molecule has 0 atom stereocenters. The van der Waals surface area contributed by atoms with Gasteiger partial charge in [0.05, 0.1) is 32.2 Å². The van der Waals surface area contributed by atoms with Crippen LogP contribution in [0.3, 0.4) is 0 Å². The van der Waals surface area contributed by atoms with Gasteiger partial charge in [-0.05, 0) is 30.7 Å². The first kappa shape index (κ1) is 36.3.